The van der Waals surface area contributed by atoms with E-state index in [1.807, 2.05) is 45.0 Å². The summed E-state index contributed by atoms with van der Waals surface area (Å²) in [5, 5.41) is 9.74. The number of ether oxygens (including phenoxy) is 4. The number of hydrogen-bond acceptors (Lipinski definition) is 9. The lowest BCUT2D eigenvalue weighted by Crippen LogP contribution is -2.32. The number of carbonyl (C=O) groups is 2. The Labute approximate surface area is 220 Å². The topological polar surface area (TPSA) is 125 Å². The van der Waals surface area contributed by atoms with Gasteiger partial charge in [0.25, 0.3) is 0 Å². The van der Waals surface area contributed by atoms with Crippen molar-refractivity contribution >= 4 is 24.2 Å². The highest BCUT2D eigenvalue weighted by Gasteiger charge is 2.41. The lowest BCUT2D eigenvalue weighted by molar-refractivity contribution is -0.0573. The van der Waals surface area contributed by atoms with Crippen molar-refractivity contribution in [3.8, 4) is 6.07 Å². The first-order chi connectivity index (χ1) is 18.4. The molecule has 0 unspecified atom stereocenters. The Morgan fingerprint density at radius 2 is 1.74 bits per heavy atom. The maximum Gasteiger partial charge on any atom is 0.338 e. The molecule has 0 aliphatic carbocycles. The molecule has 0 N–H and O–H groups in total. The highest BCUT2D eigenvalue weighted by Crippen LogP contribution is 2.34. The van der Waals surface area contributed by atoms with Crippen LogP contribution in [0, 0.1) is 25.2 Å². The number of aliphatic imine (C=N–C) groups is 1. The van der Waals surface area contributed by atoms with Crippen molar-refractivity contribution in [2.45, 2.75) is 45.6 Å². The zero-order valence-electron chi connectivity index (χ0n) is 21.4. The lowest BCUT2D eigenvalue weighted by atomic mass is 10.1. The third-order valence-electron chi connectivity index (χ3n) is 6.00. The van der Waals surface area contributed by atoms with E-state index in [4.69, 9.17) is 18.9 Å². The van der Waals surface area contributed by atoms with E-state index in [1.54, 1.807) is 24.3 Å². The van der Waals surface area contributed by atoms with Gasteiger partial charge in [0.05, 0.1) is 17.7 Å². The molecule has 2 heterocycles. The third-order valence-corrected chi connectivity index (χ3v) is 6.00. The minimum Gasteiger partial charge on any atom is -0.483 e. The first-order valence-electron chi connectivity index (χ1n) is 12.2. The quantitative estimate of drug-likeness (QED) is 0.232. The molecule has 0 saturated carbocycles. The van der Waals surface area contributed by atoms with E-state index in [0.29, 0.717) is 17.7 Å². The number of aryl methyl sites for hydroxylation is 2. The molecule has 4 rings (SSSR count). The van der Waals surface area contributed by atoms with Gasteiger partial charge in [-0.1, -0.05) is 35.4 Å². The summed E-state index contributed by atoms with van der Waals surface area (Å²) < 4.78 is 24.1. The lowest BCUT2D eigenvalue weighted by Gasteiger charge is -2.19. The Kier molecular flexibility index (Phi) is 8.51. The summed E-state index contributed by atoms with van der Waals surface area (Å²) in [6.07, 6.45) is 0.651. The second-order valence-corrected chi connectivity index (χ2v) is 8.76. The van der Waals surface area contributed by atoms with Crippen LogP contribution in [0.4, 0.5) is 5.82 Å². The molecule has 0 bridgehead atoms. The minimum absolute atomic E-state index is 0.152. The summed E-state index contributed by atoms with van der Waals surface area (Å²) in [6, 6.07) is 16.1. The molecule has 1 aliphatic heterocycles. The molecule has 0 radical (unpaired) electrons. The van der Waals surface area contributed by atoms with Crippen molar-refractivity contribution in [1.29, 1.82) is 5.26 Å². The molecular formula is C28H28N4O6. The van der Waals surface area contributed by atoms with Crippen LogP contribution >= 0.6 is 0 Å². The van der Waals surface area contributed by atoms with Crippen LogP contribution in [-0.2, 0) is 18.9 Å². The Balaban J connectivity index is 1.53. The predicted molar refractivity (Wildman–Crippen MR) is 137 cm³/mol. The van der Waals surface area contributed by atoms with Crippen LogP contribution in [0.2, 0.25) is 0 Å². The zero-order chi connectivity index (χ0) is 27.1. The van der Waals surface area contributed by atoms with Crippen molar-refractivity contribution < 1.29 is 28.5 Å². The number of nitrogens with zero attached hydrogens (tertiary/aromatic N) is 4. The van der Waals surface area contributed by atoms with Crippen molar-refractivity contribution in [2.75, 3.05) is 13.2 Å². The average Bonchev–Trinajstić information content (AvgIpc) is 3.51. The fourth-order valence-electron chi connectivity index (χ4n) is 3.90. The Hall–Kier alpha value is -4.49. The van der Waals surface area contributed by atoms with Crippen LogP contribution in [0.25, 0.3) is 0 Å². The molecule has 196 valence electrons. The van der Waals surface area contributed by atoms with Gasteiger partial charge in [0, 0.05) is 6.42 Å². The molecule has 3 aromatic rings. The van der Waals surface area contributed by atoms with Crippen molar-refractivity contribution in [2.24, 2.45) is 4.99 Å². The molecule has 1 saturated heterocycles. The summed E-state index contributed by atoms with van der Waals surface area (Å²) in [5.74, 6) is -0.872. The van der Waals surface area contributed by atoms with E-state index in [9.17, 15) is 14.9 Å². The normalized spacial score (nSPS) is 18.7. The molecule has 1 aliphatic rings. The van der Waals surface area contributed by atoms with Gasteiger partial charge in [-0.15, -0.1) is 0 Å². The summed E-state index contributed by atoms with van der Waals surface area (Å²) in [4.78, 5) is 33.7. The van der Waals surface area contributed by atoms with Crippen LogP contribution in [0.1, 0.15) is 57.1 Å². The Bertz CT molecular complexity index is 1340. The standard InChI is InChI=1S/C28H28N4O6/c1-4-35-17-31-26-22(14-29)32(16-30-26)25-13-23(38-28(34)21-11-7-19(3)8-12-21)24(37-25)15-36-27(33)20-9-5-18(2)6-10-20/h5-12,16-17,23-25H,4,13,15H2,1-3H3/b31-17+/t23-,24+,25+/m0/s1. The molecule has 2 aromatic carbocycles. The van der Waals surface area contributed by atoms with Crippen LogP contribution in [0.5, 0.6) is 0 Å². The first-order valence-corrected chi connectivity index (χ1v) is 12.2. The van der Waals surface area contributed by atoms with Crippen molar-refractivity contribution in [3.05, 3.63) is 82.8 Å². The number of imidazole rings is 1. The summed E-state index contributed by atoms with van der Waals surface area (Å²) in [6.45, 7) is 5.93. The van der Waals surface area contributed by atoms with Gasteiger partial charge in [0.1, 0.15) is 37.4 Å². The number of carbonyl (C=O) groups excluding carboxylic acids is 2. The summed E-state index contributed by atoms with van der Waals surface area (Å²) in [7, 11) is 0. The van der Waals surface area contributed by atoms with E-state index in [1.165, 1.54) is 17.3 Å². The van der Waals surface area contributed by atoms with Gasteiger partial charge in [-0.2, -0.15) is 10.3 Å². The van der Waals surface area contributed by atoms with Gasteiger partial charge >= 0.3 is 11.9 Å². The third kappa shape index (κ3) is 6.25. The number of aromatic nitrogens is 2. The minimum atomic E-state index is -0.770. The van der Waals surface area contributed by atoms with Crippen LogP contribution in [0.3, 0.4) is 0 Å². The summed E-state index contributed by atoms with van der Waals surface area (Å²) >= 11 is 0. The fraction of sp³-hybridized carbons (Fsp3) is 0.321. The first kappa shape index (κ1) is 26.6. The number of hydrogen-bond donors (Lipinski definition) is 0. The molecular weight excluding hydrogens is 488 g/mol. The van der Waals surface area contributed by atoms with E-state index in [-0.39, 0.29) is 24.5 Å². The molecule has 3 atom stereocenters. The molecule has 38 heavy (non-hydrogen) atoms. The highest BCUT2D eigenvalue weighted by molar-refractivity contribution is 5.90. The molecule has 0 spiro atoms. The second kappa shape index (κ2) is 12.2. The van der Waals surface area contributed by atoms with Crippen LogP contribution in [-0.4, -0.2) is 53.3 Å². The zero-order valence-corrected chi connectivity index (χ0v) is 21.4. The number of esters is 2. The molecule has 10 nitrogen and oxygen atoms in total. The van der Waals surface area contributed by atoms with Crippen LogP contribution < -0.4 is 0 Å². The van der Waals surface area contributed by atoms with Gasteiger partial charge in [-0.05, 0) is 45.0 Å². The van der Waals surface area contributed by atoms with Gasteiger partial charge in [-0.25, -0.2) is 14.6 Å². The SMILES string of the molecule is CCO/C=N/c1ncn([C@H]2C[C@H](OC(=O)c3ccc(C)cc3)[C@@H](COC(=O)c3ccc(C)cc3)O2)c1C#N. The van der Waals surface area contributed by atoms with E-state index < -0.39 is 30.4 Å². The molecule has 10 heteroatoms. The maximum atomic E-state index is 12.9. The van der Waals surface area contributed by atoms with Gasteiger partial charge < -0.3 is 18.9 Å². The monoisotopic (exact) mass is 516 g/mol. The molecule has 0 amide bonds. The van der Waals surface area contributed by atoms with E-state index in [2.05, 4.69) is 16.0 Å². The predicted octanol–water partition coefficient (Wildman–Crippen LogP) is 4.44. The van der Waals surface area contributed by atoms with Gasteiger partial charge in [0.15, 0.2) is 17.9 Å². The number of nitriles is 1. The number of benzene rings is 2. The second-order valence-electron chi connectivity index (χ2n) is 8.76. The maximum absolute atomic E-state index is 12.9. The van der Waals surface area contributed by atoms with Crippen molar-refractivity contribution in [3.63, 3.8) is 0 Å². The molecule has 1 fully saturated rings. The van der Waals surface area contributed by atoms with Crippen molar-refractivity contribution in [1.82, 2.24) is 9.55 Å². The van der Waals surface area contributed by atoms with Crippen LogP contribution in [0.15, 0.2) is 59.9 Å². The Morgan fingerprint density at radius 1 is 1.11 bits per heavy atom. The number of rotatable bonds is 9. The average molecular weight is 517 g/mol. The summed E-state index contributed by atoms with van der Waals surface area (Å²) in [5.41, 5.74) is 2.98. The largest absolute Gasteiger partial charge is 0.483 e. The molecule has 1 aromatic heterocycles. The smallest absolute Gasteiger partial charge is 0.338 e. The fourth-order valence-corrected chi connectivity index (χ4v) is 3.90. The van der Waals surface area contributed by atoms with Gasteiger partial charge in [0.2, 0.25) is 0 Å². The van der Waals surface area contributed by atoms with Gasteiger partial charge in [-0.3, -0.25) is 4.57 Å². The van der Waals surface area contributed by atoms with E-state index >= 15 is 0 Å². The highest BCUT2D eigenvalue weighted by atomic mass is 16.6. The Morgan fingerprint density at radius 3 is 2.34 bits per heavy atom. The van der Waals surface area contributed by atoms with E-state index in [0.717, 1.165) is 11.1 Å².